The number of rotatable bonds is 68. The van der Waals surface area contributed by atoms with Crippen LogP contribution in [0.4, 0.5) is 0 Å². The molecule has 0 bridgehead atoms. The van der Waals surface area contributed by atoms with Gasteiger partial charge in [0, 0.05) is 62.9 Å². The molecule has 0 amide bonds. The van der Waals surface area contributed by atoms with Gasteiger partial charge in [-0.2, -0.15) is 0 Å². The highest BCUT2D eigenvalue weighted by molar-refractivity contribution is 5.25. The average molecular weight is 1860 g/mol. The molecule has 1 aromatic rings. The monoisotopic (exact) mass is 1860 g/mol. The van der Waals surface area contributed by atoms with Crippen LogP contribution in [0, 0.1) is 10.8 Å². The van der Waals surface area contributed by atoms with Gasteiger partial charge in [-0.05, 0) is 43.7 Å². The molecule has 0 saturated carbocycles. The largest absolute Gasteiger partial charge is 0.506 e. The summed E-state index contributed by atoms with van der Waals surface area (Å²) in [5, 5.41) is 344. The van der Waals surface area contributed by atoms with E-state index < -0.39 is 328 Å². The van der Waals surface area contributed by atoms with Crippen molar-refractivity contribution in [3.8, 4) is 0 Å². The van der Waals surface area contributed by atoms with Gasteiger partial charge in [0.05, 0.1) is 59.0 Å². The number of aliphatic hydroxyl groups is 32. The standard InChI is InChI=1S/C84H148O44/c1-4-6-8-10-12-14-16-18-20-30-83(42-117-76(113)69(108)60(99)51(28-34-87)121-78(115)67(106)58(97)49(94)26-32-85,45-120-81-73(112)66(105)75(56(41-92)124-81)126-82-71(110)64(103)62(101)53(38-89)122-82)36-47-22-24-48(25-23-47)37-84(31-21-19-17-15-13-11-9-7-5-2,43-118-77(114)70(109)61(100)52(29-35-88)127-128-54(39-90)63(102)57(96)46(3)93)44-119-80-72(111)65(104)74(55(40-91)123-80)125-79(116)68(107)59(98)50(95)27-33-86/h22-25,46,49-57,62-66,71-82,85-116H,4-21,26-45H2,1-3H3/b67-58-,68-59+,69-60-,70-61-/t46-,49-,50-,51-,52-,53?,54?,55?,56?,57?,62-,63-,64?,65-,66?,71?,72?,73?,74-,75-,76+,77+,78+,79+,80-,81-,82-,83?,84-/m1/s1. The third kappa shape index (κ3) is 36.1. The Hall–Kier alpha value is -4.86. The van der Waals surface area contributed by atoms with E-state index in [1.165, 1.54) is 0 Å². The maximum atomic E-state index is 11.9. The van der Waals surface area contributed by atoms with E-state index in [2.05, 4.69) is 13.8 Å². The quantitative estimate of drug-likeness (QED) is 0.0111. The van der Waals surface area contributed by atoms with Gasteiger partial charge in [-0.3, -0.25) is 0 Å². The molecule has 0 aliphatic carbocycles. The van der Waals surface area contributed by atoms with Crippen LogP contribution in [0.1, 0.15) is 186 Å². The van der Waals surface area contributed by atoms with E-state index in [1.54, 1.807) is 24.3 Å². The van der Waals surface area contributed by atoms with Crippen LogP contribution in [-0.2, 0) is 70.0 Å². The van der Waals surface area contributed by atoms with Crippen LogP contribution in [0.25, 0.3) is 0 Å². The van der Waals surface area contributed by atoms with Gasteiger partial charge in [0.1, 0.15) is 110 Å². The van der Waals surface area contributed by atoms with Crippen molar-refractivity contribution >= 4 is 0 Å². The first-order chi connectivity index (χ1) is 60.9. The molecule has 0 radical (unpaired) electrons. The van der Waals surface area contributed by atoms with E-state index in [0.717, 1.165) is 84.0 Å². The van der Waals surface area contributed by atoms with Crippen molar-refractivity contribution in [2.75, 3.05) is 79.3 Å². The predicted molar refractivity (Wildman–Crippen MR) is 443 cm³/mol. The van der Waals surface area contributed by atoms with Crippen molar-refractivity contribution in [2.24, 2.45) is 10.8 Å². The van der Waals surface area contributed by atoms with Crippen LogP contribution < -0.4 is 0 Å². The zero-order valence-corrected chi connectivity index (χ0v) is 73.0. The molecule has 128 heavy (non-hydrogen) atoms. The first kappa shape index (κ1) is 115. The Bertz CT molecular complexity index is 3260. The molecule has 44 nitrogen and oxygen atoms in total. The summed E-state index contributed by atoms with van der Waals surface area (Å²) in [5.74, 6) is -10.6. The third-order valence-corrected chi connectivity index (χ3v) is 22.9. The van der Waals surface area contributed by atoms with E-state index in [0.29, 0.717) is 49.7 Å². The molecule has 748 valence electrons. The first-order valence-electron chi connectivity index (χ1n) is 43.9. The van der Waals surface area contributed by atoms with Crippen molar-refractivity contribution in [2.45, 2.75) is 354 Å². The lowest BCUT2D eigenvalue weighted by Crippen LogP contribution is -2.64. The van der Waals surface area contributed by atoms with E-state index in [9.17, 15) is 163 Å². The lowest BCUT2D eigenvalue weighted by atomic mass is 9.76. The van der Waals surface area contributed by atoms with Crippen molar-refractivity contribution in [3.05, 3.63) is 81.5 Å². The minimum atomic E-state index is -2.59. The first-order valence-corrected chi connectivity index (χ1v) is 43.9. The zero-order chi connectivity index (χ0) is 95.5. The summed E-state index contributed by atoms with van der Waals surface area (Å²) in [4.78, 5) is 10.3. The van der Waals surface area contributed by atoms with Gasteiger partial charge < -0.3 is 211 Å². The fraction of sp³-hybridized carbons (Fsp3) is 0.833. The van der Waals surface area contributed by atoms with Crippen LogP contribution in [0.3, 0.4) is 0 Å². The van der Waals surface area contributed by atoms with Gasteiger partial charge in [0.25, 0.3) is 0 Å². The second-order valence-corrected chi connectivity index (χ2v) is 33.2. The second-order valence-electron chi connectivity index (χ2n) is 33.2. The molecule has 3 saturated heterocycles. The summed E-state index contributed by atoms with van der Waals surface area (Å²) in [5.41, 5.74) is -2.28. The molecule has 32 N–H and O–H groups in total. The van der Waals surface area contributed by atoms with Gasteiger partial charge in [0.2, 0.25) is 25.2 Å². The lowest BCUT2D eigenvalue weighted by Gasteiger charge is -2.46. The van der Waals surface area contributed by atoms with Crippen LogP contribution in [-0.4, -0.2) is 409 Å². The molecule has 29 atom stereocenters. The highest BCUT2D eigenvalue weighted by Gasteiger charge is 2.53. The fourth-order valence-corrected chi connectivity index (χ4v) is 15.0. The Labute approximate surface area is 743 Å². The Morgan fingerprint density at radius 3 is 1.14 bits per heavy atom. The number of aliphatic hydroxyl groups excluding tert-OH is 32. The third-order valence-electron chi connectivity index (χ3n) is 22.9. The summed E-state index contributed by atoms with van der Waals surface area (Å²) in [6, 6.07) is 6.49. The summed E-state index contributed by atoms with van der Waals surface area (Å²) < 4.78 is 58.9. The summed E-state index contributed by atoms with van der Waals surface area (Å²) in [7, 11) is 0. The number of ether oxygens (including phenoxy) is 10. The van der Waals surface area contributed by atoms with Gasteiger partial charge in [-0.25, -0.2) is 9.78 Å². The van der Waals surface area contributed by atoms with Crippen LogP contribution in [0.2, 0.25) is 0 Å². The Morgan fingerprint density at radius 1 is 0.367 bits per heavy atom. The summed E-state index contributed by atoms with van der Waals surface area (Å²) in [6.07, 6.45) is -42.1. The van der Waals surface area contributed by atoms with Crippen LogP contribution in [0.15, 0.2) is 70.3 Å². The molecule has 44 heteroatoms. The molecular formula is C84H148O44. The molecule has 11 unspecified atom stereocenters. The number of hydrogen-bond donors (Lipinski definition) is 32. The predicted octanol–water partition coefficient (Wildman–Crippen LogP) is -1.90. The molecule has 3 aliphatic heterocycles. The van der Waals surface area contributed by atoms with Crippen molar-refractivity contribution in [1.29, 1.82) is 0 Å². The molecule has 0 aromatic heterocycles. The maximum Gasteiger partial charge on any atom is 0.218 e. The normalized spacial score (nSPS) is 27.7. The van der Waals surface area contributed by atoms with Crippen molar-refractivity contribution < 1.29 is 221 Å². The minimum Gasteiger partial charge on any atom is -0.506 e. The number of hydrogen-bond acceptors (Lipinski definition) is 44. The molecular weight excluding hydrogens is 1710 g/mol. The van der Waals surface area contributed by atoms with Gasteiger partial charge in [0.15, 0.2) is 71.0 Å². The van der Waals surface area contributed by atoms with Crippen LogP contribution in [0.5, 0.6) is 0 Å². The Morgan fingerprint density at radius 2 is 0.734 bits per heavy atom. The number of unbranched alkanes of at least 4 members (excludes halogenated alkanes) is 16. The van der Waals surface area contributed by atoms with Gasteiger partial charge >= 0.3 is 0 Å². The van der Waals surface area contributed by atoms with E-state index >= 15 is 0 Å². The minimum absolute atomic E-state index is 0.0497. The fourth-order valence-electron chi connectivity index (χ4n) is 15.0. The SMILES string of the molecule is CCCCCCCCCCCC(CO[C@@H]1OC(CO)[C@@H](O[C@H]2OC(CO)[C@@H](O)C(O)C2O)C(O)C1O)(CO[C@H](O)/C(O)=C(/O)[C@@H](CCO)O[C@H](O)/C(O)=C(/O)[C@H](O)CCO)Cc1ccc(C[C@@](CCCCCCCCCCC)(CO[C@@H]2OC(CO)[C@@H](O[C@H](O)/C(O)=C(\O)[C@H](O)CCO)[C@H](O)C2O)CO[C@H](O)/C(O)=C(/O)[C@@H](CCO)OOC(CO)[C@@H](O)C(O)[C@@H](C)O)cc1. The highest BCUT2D eigenvalue weighted by Crippen LogP contribution is 2.40. The average Bonchev–Trinajstić information content (AvgIpc) is 0.793. The molecule has 4 rings (SSSR count). The number of benzene rings is 1. The zero-order valence-electron chi connectivity index (χ0n) is 73.0. The summed E-state index contributed by atoms with van der Waals surface area (Å²) >= 11 is 0. The van der Waals surface area contributed by atoms with E-state index in [-0.39, 0.29) is 25.7 Å². The Kier molecular flexibility index (Phi) is 54.6. The van der Waals surface area contributed by atoms with Gasteiger partial charge in [-0.15, -0.1) is 0 Å². The molecule has 3 heterocycles. The second kappa shape index (κ2) is 60.5. The van der Waals surface area contributed by atoms with Gasteiger partial charge in [-0.1, -0.05) is 154 Å². The van der Waals surface area contributed by atoms with Crippen molar-refractivity contribution in [1.82, 2.24) is 0 Å². The highest BCUT2D eigenvalue weighted by atomic mass is 17.2. The molecule has 0 spiro atoms. The molecule has 3 aliphatic rings. The van der Waals surface area contributed by atoms with Crippen molar-refractivity contribution in [3.63, 3.8) is 0 Å². The van der Waals surface area contributed by atoms with E-state index in [1.807, 2.05) is 0 Å². The smallest absolute Gasteiger partial charge is 0.218 e. The summed E-state index contributed by atoms with van der Waals surface area (Å²) in [6.45, 7) is -4.36. The topological polar surface area (TPSA) is 758 Å². The van der Waals surface area contributed by atoms with E-state index in [4.69, 9.17) is 57.1 Å². The van der Waals surface area contributed by atoms with Crippen LogP contribution >= 0.6 is 0 Å². The lowest BCUT2D eigenvalue weighted by molar-refractivity contribution is -0.370. The maximum absolute atomic E-state index is 11.9. The molecule has 3 fully saturated rings. The molecule has 1 aromatic carbocycles. The Balaban J connectivity index is 1.99.